The number of halogens is 1. The van der Waals surface area contributed by atoms with Gasteiger partial charge in [-0.25, -0.2) is 4.98 Å². The minimum atomic E-state index is -0.452. The van der Waals surface area contributed by atoms with Crippen molar-refractivity contribution >= 4 is 23.1 Å². The fourth-order valence-corrected chi connectivity index (χ4v) is 1.99. The molecule has 0 saturated carbocycles. The molecule has 0 amide bonds. The number of aromatic nitrogens is 2. The Morgan fingerprint density at radius 1 is 1.44 bits per heavy atom. The lowest BCUT2D eigenvalue weighted by atomic mass is 10.2. The van der Waals surface area contributed by atoms with Crippen LogP contribution in [0.2, 0.25) is 5.28 Å². The van der Waals surface area contributed by atoms with E-state index in [1.54, 1.807) is 6.92 Å². The molecular formula is C11H17ClN4O2. The molecule has 100 valence electrons. The van der Waals surface area contributed by atoms with Crippen molar-refractivity contribution in [1.82, 2.24) is 9.97 Å². The van der Waals surface area contributed by atoms with Gasteiger partial charge in [0.15, 0.2) is 0 Å². The van der Waals surface area contributed by atoms with Crippen molar-refractivity contribution in [2.45, 2.75) is 40.2 Å². The zero-order chi connectivity index (χ0) is 13.9. The Balaban J connectivity index is 3.39. The molecule has 0 aliphatic carbocycles. The molecule has 7 heteroatoms. The second-order valence-corrected chi connectivity index (χ2v) is 4.63. The average Bonchev–Trinajstić information content (AvgIpc) is 2.23. The molecule has 0 saturated heterocycles. The molecule has 1 heterocycles. The van der Waals surface area contributed by atoms with E-state index in [-0.39, 0.29) is 22.7 Å². The first kappa shape index (κ1) is 14.6. The summed E-state index contributed by atoms with van der Waals surface area (Å²) in [6.07, 6.45) is 0.871. The van der Waals surface area contributed by atoms with Crippen LogP contribution in [0.3, 0.4) is 0 Å². The van der Waals surface area contributed by atoms with Gasteiger partial charge in [-0.15, -0.1) is 0 Å². The normalized spacial score (nSPS) is 10.8. The predicted octanol–water partition coefficient (Wildman–Crippen LogP) is 2.97. The number of hydrogen-bond donors (Lipinski definition) is 0. The van der Waals surface area contributed by atoms with Crippen LogP contribution in [0.4, 0.5) is 11.5 Å². The Labute approximate surface area is 111 Å². The molecule has 0 bridgehead atoms. The van der Waals surface area contributed by atoms with E-state index in [2.05, 4.69) is 9.97 Å². The summed E-state index contributed by atoms with van der Waals surface area (Å²) in [5.74, 6) is 0.300. The maximum Gasteiger partial charge on any atom is 0.332 e. The number of anilines is 1. The SMILES string of the molecule is CCCN(c1nc(Cl)nc(C)c1[N+](=O)[O-])C(C)C. The Bertz CT molecular complexity index is 451. The van der Waals surface area contributed by atoms with Crippen LogP contribution in [-0.2, 0) is 0 Å². The summed E-state index contributed by atoms with van der Waals surface area (Å²) in [5.41, 5.74) is 0.221. The summed E-state index contributed by atoms with van der Waals surface area (Å²) < 4.78 is 0. The van der Waals surface area contributed by atoms with Gasteiger partial charge in [0.25, 0.3) is 0 Å². The molecule has 1 aromatic rings. The molecule has 0 radical (unpaired) electrons. The monoisotopic (exact) mass is 272 g/mol. The minimum absolute atomic E-state index is 0.0369. The summed E-state index contributed by atoms with van der Waals surface area (Å²) in [4.78, 5) is 20.4. The van der Waals surface area contributed by atoms with Gasteiger partial charge in [0.2, 0.25) is 11.1 Å². The van der Waals surface area contributed by atoms with Crippen molar-refractivity contribution in [3.8, 4) is 0 Å². The number of nitrogens with zero attached hydrogens (tertiary/aromatic N) is 4. The predicted molar refractivity (Wildman–Crippen MR) is 71.2 cm³/mol. The van der Waals surface area contributed by atoms with E-state index in [1.807, 2.05) is 25.7 Å². The van der Waals surface area contributed by atoms with E-state index in [1.165, 1.54) is 0 Å². The second-order valence-electron chi connectivity index (χ2n) is 4.29. The number of hydrogen-bond acceptors (Lipinski definition) is 5. The van der Waals surface area contributed by atoms with E-state index in [4.69, 9.17) is 11.6 Å². The summed E-state index contributed by atoms with van der Waals surface area (Å²) in [5, 5.41) is 11.2. The highest BCUT2D eigenvalue weighted by molar-refractivity contribution is 6.28. The number of aryl methyl sites for hydroxylation is 1. The van der Waals surface area contributed by atoms with Gasteiger partial charge in [-0.1, -0.05) is 6.92 Å². The van der Waals surface area contributed by atoms with Gasteiger partial charge in [0, 0.05) is 12.6 Å². The lowest BCUT2D eigenvalue weighted by molar-refractivity contribution is -0.385. The number of nitro groups is 1. The quantitative estimate of drug-likeness (QED) is 0.468. The van der Waals surface area contributed by atoms with Crippen molar-refractivity contribution in [3.05, 3.63) is 21.1 Å². The molecule has 0 aliphatic rings. The fourth-order valence-electron chi connectivity index (χ4n) is 1.78. The lowest BCUT2D eigenvalue weighted by Crippen LogP contribution is -2.33. The van der Waals surface area contributed by atoms with Crippen LogP contribution in [0.1, 0.15) is 32.9 Å². The largest absolute Gasteiger partial charge is 0.348 e. The zero-order valence-electron chi connectivity index (χ0n) is 11.0. The molecule has 0 unspecified atom stereocenters. The molecular weight excluding hydrogens is 256 g/mol. The average molecular weight is 273 g/mol. The second kappa shape index (κ2) is 5.95. The molecule has 0 atom stereocenters. The fraction of sp³-hybridized carbons (Fsp3) is 0.636. The highest BCUT2D eigenvalue weighted by Gasteiger charge is 2.27. The van der Waals surface area contributed by atoms with Crippen LogP contribution in [0.25, 0.3) is 0 Å². The maximum absolute atomic E-state index is 11.1. The first-order valence-electron chi connectivity index (χ1n) is 5.83. The van der Waals surface area contributed by atoms with Crippen LogP contribution >= 0.6 is 11.6 Å². The summed E-state index contributed by atoms with van der Waals surface area (Å²) in [6.45, 7) is 8.19. The zero-order valence-corrected chi connectivity index (χ0v) is 11.7. The van der Waals surface area contributed by atoms with Crippen LogP contribution in [0.5, 0.6) is 0 Å². The van der Waals surface area contributed by atoms with Crippen LogP contribution in [0.15, 0.2) is 0 Å². The topological polar surface area (TPSA) is 72.2 Å². The van der Waals surface area contributed by atoms with E-state index in [0.29, 0.717) is 12.4 Å². The van der Waals surface area contributed by atoms with E-state index < -0.39 is 4.92 Å². The van der Waals surface area contributed by atoms with Gasteiger partial charge in [0.05, 0.1) is 4.92 Å². The molecule has 1 aromatic heterocycles. The highest BCUT2D eigenvalue weighted by Crippen LogP contribution is 2.31. The molecule has 0 fully saturated rings. The van der Waals surface area contributed by atoms with E-state index in [0.717, 1.165) is 6.42 Å². The smallest absolute Gasteiger partial charge is 0.332 e. The van der Waals surface area contributed by atoms with Gasteiger partial charge in [-0.3, -0.25) is 10.1 Å². The van der Waals surface area contributed by atoms with Crippen LogP contribution in [0, 0.1) is 17.0 Å². The van der Waals surface area contributed by atoms with Gasteiger partial charge in [-0.05, 0) is 38.8 Å². The first-order chi connectivity index (χ1) is 8.38. The molecule has 0 spiro atoms. The van der Waals surface area contributed by atoms with Gasteiger partial charge in [0.1, 0.15) is 5.69 Å². The molecule has 0 N–H and O–H groups in total. The van der Waals surface area contributed by atoms with E-state index >= 15 is 0 Å². The lowest BCUT2D eigenvalue weighted by Gasteiger charge is -2.27. The van der Waals surface area contributed by atoms with Crippen molar-refractivity contribution in [3.63, 3.8) is 0 Å². The van der Waals surface area contributed by atoms with Crippen molar-refractivity contribution in [1.29, 1.82) is 0 Å². The Morgan fingerprint density at radius 2 is 2.06 bits per heavy atom. The molecule has 0 aliphatic heterocycles. The summed E-state index contributed by atoms with van der Waals surface area (Å²) in [7, 11) is 0. The third-order valence-electron chi connectivity index (χ3n) is 2.56. The molecule has 1 rings (SSSR count). The number of rotatable bonds is 5. The van der Waals surface area contributed by atoms with Gasteiger partial charge < -0.3 is 4.90 Å². The van der Waals surface area contributed by atoms with Crippen molar-refractivity contribution in [2.75, 3.05) is 11.4 Å². The Kier molecular flexibility index (Phi) is 4.84. The standard InChI is InChI=1S/C11H17ClN4O2/c1-5-6-15(7(2)3)10-9(16(17)18)8(4)13-11(12)14-10/h7H,5-6H2,1-4H3. The molecule has 0 aromatic carbocycles. The molecule has 18 heavy (non-hydrogen) atoms. The van der Waals surface area contributed by atoms with Crippen molar-refractivity contribution in [2.24, 2.45) is 0 Å². The first-order valence-corrected chi connectivity index (χ1v) is 6.21. The van der Waals surface area contributed by atoms with Crippen molar-refractivity contribution < 1.29 is 4.92 Å². The Morgan fingerprint density at radius 3 is 2.50 bits per heavy atom. The Hall–Kier alpha value is -1.43. The minimum Gasteiger partial charge on any atom is -0.348 e. The highest BCUT2D eigenvalue weighted by atomic mass is 35.5. The van der Waals surface area contributed by atoms with Crippen LogP contribution < -0.4 is 4.90 Å². The maximum atomic E-state index is 11.1. The summed E-state index contributed by atoms with van der Waals surface area (Å²) in [6, 6.07) is 0.106. The van der Waals surface area contributed by atoms with Crippen LogP contribution in [-0.4, -0.2) is 27.5 Å². The van der Waals surface area contributed by atoms with Gasteiger partial charge in [-0.2, -0.15) is 4.98 Å². The van der Waals surface area contributed by atoms with Gasteiger partial charge >= 0.3 is 5.69 Å². The summed E-state index contributed by atoms with van der Waals surface area (Å²) >= 11 is 5.80. The molecule has 6 nitrogen and oxygen atoms in total. The van der Waals surface area contributed by atoms with E-state index in [9.17, 15) is 10.1 Å². The third kappa shape index (κ3) is 3.07. The third-order valence-corrected chi connectivity index (χ3v) is 2.72.